The van der Waals surface area contributed by atoms with Gasteiger partial charge in [0.05, 0.1) is 17.5 Å². The van der Waals surface area contributed by atoms with Gasteiger partial charge in [-0.25, -0.2) is 4.39 Å². The Morgan fingerprint density at radius 3 is 2.60 bits per heavy atom. The van der Waals surface area contributed by atoms with Crippen molar-refractivity contribution in [3.05, 3.63) is 32.5 Å². The molecule has 1 aromatic carbocycles. The fraction of sp³-hybridized carbons (Fsp3) is 0.300. The van der Waals surface area contributed by atoms with E-state index in [2.05, 4.69) is 31.9 Å². The Hall–Kier alpha value is -0.420. The summed E-state index contributed by atoms with van der Waals surface area (Å²) in [5.74, 6) is -0.868. The lowest BCUT2D eigenvalue weighted by Gasteiger charge is -2.07. The normalized spacial score (nSPS) is 10.1. The standard InChI is InChI=1S/C10H9Br2FO2/c1-2-15-9(14)5-6-7(11)3-4-8(12)10(6)13/h3-4H,2,5H2,1H3. The number of carbonyl (C=O) groups excluding carboxylic acids is 1. The van der Waals surface area contributed by atoms with Crippen molar-refractivity contribution >= 4 is 37.8 Å². The number of benzene rings is 1. The molecule has 0 unspecified atom stereocenters. The van der Waals surface area contributed by atoms with Gasteiger partial charge in [0.1, 0.15) is 5.82 Å². The zero-order valence-corrected chi connectivity index (χ0v) is 11.2. The van der Waals surface area contributed by atoms with E-state index in [0.717, 1.165) is 0 Å². The van der Waals surface area contributed by atoms with Crippen LogP contribution in [0.4, 0.5) is 4.39 Å². The number of hydrogen-bond donors (Lipinski definition) is 0. The number of carbonyl (C=O) groups is 1. The molecule has 2 nitrogen and oxygen atoms in total. The summed E-state index contributed by atoms with van der Waals surface area (Å²) in [6.07, 6.45) is -0.0697. The van der Waals surface area contributed by atoms with Crippen molar-refractivity contribution in [3.8, 4) is 0 Å². The van der Waals surface area contributed by atoms with E-state index in [9.17, 15) is 9.18 Å². The molecule has 0 heterocycles. The fourth-order valence-electron chi connectivity index (χ4n) is 1.09. The van der Waals surface area contributed by atoms with E-state index in [1.807, 2.05) is 0 Å². The maximum atomic E-state index is 13.6. The monoisotopic (exact) mass is 338 g/mol. The Morgan fingerprint density at radius 1 is 1.40 bits per heavy atom. The van der Waals surface area contributed by atoms with Gasteiger partial charge in [0, 0.05) is 10.0 Å². The van der Waals surface area contributed by atoms with Crippen molar-refractivity contribution in [1.29, 1.82) is 0 Å². The molecule has 82 valence electrons. The zero-order valence-electron chi connectivity index (χ0n) is 8.02. The Kier molecular flexibility index (Phi) is 4.73. The SMILES string of the molecule is CCOC(=O)Cc1c(Br)ccc(Br)c1F. The molecule has 0 aliphatic carbocycles. The summed E-state index contributed by atoms with van der Waals surface area (Å²) in [5.41, 5.74) is 0.308. The van der Waals surface area contributed by atoms with Crippen LogP contribution >= 0.6 is 31.9 Å². The smallest absolute Gasteiger partial charge is 0.310 e. The molecule has 1 rings (SSSR count). The molecule has 0 N–H and O–H groups in total. The van der Waals surface area contributed by atoms with E-state index in [1.165, 1.54) is 0 Å². The average molecular weight is 340 g/mol. The predicted octanol–water partition coefficient (Wildman–Crippen LogP) is 3.46. The van der Waals surface area contributed by atoms with Crippen molar-refractivity contribution in [2.24, 2.45) is 0 Å². The molecule has 0 saturated carbocycles. The zero-order chi connectivity index (χ0) is 11.4. The molecule has 1 aromatic rings. The number of halogens is 3. The Labute approximate surface area is 104 Å². The molecule has 0 bridgehead atoms. The quantitative estimate of drug-likeness (QED) is 0.622. The lowest BCUT2D eigenvalue weighted by atomic mass is 10.1. The van der Waals surface area contributed by atoms with Crippen LogP contribution in [0, 0.1) is 5.82 Å². The first-order valence-electron chi connectivity index (χ1n) is 4.34. The van der Waals surface area contributed by atoms with Gasteiger partial charge in [-0.05, 0) is 35.0 Å². The topological polar surface area (TPSA) is 26.3 Å². The van der Waals surface area contributed by atoms with Crippen molar-refractivity contribution < 1.29 is 13.9 Å². The highest BCUT2D eigenvalue weighted by Crippen LogP contribution is 2.26. The molecule has 0 fully saturated rings. The Morgan fingerprint density at radius 2 is 2.00 bits per heavy atom. The minimum absolute atomic E-state index is 0.0697. The third-order valence-corrected chi connectivity index (χ3v) is 3.12. The minimum atomic E-state index is -0.435. The van der Waals surface area contributed by atoms with Crippen LogP contribution in [-0.2, 0) is 16.0 Å². The fourth-order valence-corrected chi connectivity index (χ4v) is 1.91. The van der Waals surface area contributed by atoms with Crippen LogP contribution in [0.15, 0.2) is 21.1 Å². The van der Waals surface area contributed by atoms with Crippen LogP contribution in [0.1, 0.15) is 12.5 Å². The predicted molar refractivity (Wildman–Crippen MR) is 62.1 cm³/mol. The molecule has 15 heavy (non-hydrogen) atoms. The van der Waals surface area contributed by atoms with E-state index in [0.29, 0.717) is 21.1 Å². The summed E-state index contributed by atoms with van der Waals surface area (Å²) < 4.78 is 19.2. The molecule has 0 aliphatic heterocycles. The van der Waals surface area contributed by atoms with Gasteiger partial charge in [-0.2, -0.15) is 0 Å². The van der Waals surface area contributed by atoms with E-state index in [4.69, 9.17) is 4.74 Å². The van der Waals surface area contributed by atoms with Gasteiger partial charge in [0.15, 0.2) is 0 Å². The summed E-state index contributed by atoms with van der Waals surface area (Å²) in [7, 11) is 0. The lowest BCUT2D eigenvalue weighted by Crippen LogP contribution is -2.09. The molecule has 0 spiro atoms. The first-order valence-corrected chi connectivity index (χ1v) is 5.92. The first kappa shape index (κ1) is 12.6. The molecule has 0 radical (unpaired) electrons. The highest BCUT2D eigenvalue weighted by molar-refractivity contribution is 9.11. The molecule has 0 atom stereocenters. The van der Waals surface area contributed by atoms with Crippen molar-refractivity contribution in [1.82, 2.24) is 0 Å². The van der Waals surface area contributed by atoms with Crippen LogP contribution in [0.3, 0.4) is 0 Å². The van der Waals surface area contributed by atoms with Gasteiger partial charge in [-0.3, -0.25) is 4.79 Å². The van der Waals surface area contributed by atoms with Gasteiger partial charge in [0.2, 0.25) is 0 Å². The third-order valence-electron chi connectivity index (χ3n) is 1.77. The number of rotatable bonds is 3. The van der Waals surface area contributed by atoms with Gasteiger partial charge in [0.25, 0.3) is 0 Å². The second-order valence-corrected chi connectivity index (χ2v) is 4.51. The van der Waals surface area contributed by atoms with Crippen LogP contribution in [-0.4, -0.2) is 12.6 Å². The van der Waals surface area contributed by atoms with E-state index in [1.54, 1.807) is 19.1 Å². The van der Waals surface area contributed by atoms with E-state index >= 15 is 0 Å². The lowest BCUT2D eigenvalue weighted by molar-refractivity contribution is -0.142. The summed E-state index contributed by atoms with van der Waals surface area (Å²) >= 11 is 6.25. The van der Waals surface area contributed by atoms with Crippen LogP contribution in [0.25, 0.3) is 0 Å². The van der Waals surface area contributed by atoms with Crippen LogP contribution in [0.5, 0.6) is 0 Å². The van der Waals surface area contributed by atoms with Crippen molar-refractivity contribution in [3.63, 3.8) is 0 Å². The van der Waals surface area contributed by atoms with Crippen LogP contribution in [0.2, 0.25) is 0 Å². The molecule has 0 aliphatic rings. The number of hydrogen-bond acceptors (Lipinski definition) is 2. The summed E-state index contributed by atoms with van der Waals surface area (Å²) in [4.78, 5) is 11.2. The molecule has 5 heteroatoms. The number of ether oxygens (including phenoxy) is 1. The highest BCUT2D eigenvalue weighted by atomic mass is 79.9. The second-order valence-electron chi connectivity index (χ2n) is 2.80. The molecule has 0 saturated heterocycles. The van der Waals surface area contributed by atoms with E-state index in [-0.39, 0.29) is 6.42 Å². The highest BCUT2D eigenvalue weighted by Gasteiger charge is 2.14. The minimum Gasteiger partial charge on any atom is -0.466 e. The van der Waals surface area contributed by atoms with Gasteiger partial charge in [-0.1, -0.05) is 15.9 Å². The van der Waals surface area contributed by atoms with Gasteiger partial charge >= 0.3 is 5.97 Å². The summed E-state index contributed by atoms with van der Waals surface area (Å²) in [6.45, 7) is 2.01. The maximum absolute atomic E-state index is 13.6. The maximum Gasteiger partial charge on any atom is 0.310 e. The molecular weight excluding hydrogens is 331 g/mol. The van der Waals surface area contributed by atoms with Crippen molar-refractivity contribution in [2.45, 2.75) is 13.3 Å². The third kappa shape index (κ3) is 3.28. The molecular formula is C10H9Br2FO2. The summed E-state index contributed by atoms with van der Waals surface area (Å²) in [6, 6.07) is 3.26. The van der Waals surface area contributed by atoms with Crippen LogP contribution < -0.4 is 0 Å². The second kappa shape index (κ2) is 5.61. The first-order chi connectivity index (χ1) is 7.06. The van der Waals surface area contributed by atoms with Gasteiger partial charge in [-0.15, -0.1) is 0 Å². The van der Waals surface area contributed by atoms with Crippen molar-refractivity contribution in [2.75, 3.05) is 6.61 Å². The molecule has 0 aromatic heterocycles. The van der Waals surface area contributed by atoms with E-state index < -0.39 is 11.8 Å². The Balaban J connectivity index is 2.93. The summed E-state index contributed by atoms with van der Waals surface area (Å²) in [5, 5.41) is 0. The Bertz CT molecular complexity index is 380. The largest absolute Gasteiger partial charge is 0.466 e. The van der Waals surface area contributed by atoms with Gasteiger partial charge < -0.3 is 4.74 Å². The number of esters is 1. The average Bonchev–Trinajstić information content (AvgIpc) is 2.19. The molecule has 0 amide bonds.